The van der Waals surface area contributed by atoms with Crippen LogP contribution in [0, 0.1) is 5.92 Å². The molecule has 42 heavy (non-hydrogen) atoms. The van der Waals surface area contributed by atoms with Crippen molar-refractivity contribution in [2.45, 2.75) is 38.4 Å². The summed E-state index contributed by atoms with van der Waals surface area (Å²) < 4.78 is 19.2. The van der Waals surface area contributed by atoms with Crippen molar-refractivity contribution < 1.29 is 24.4 Å². The highest BCUT2D eigenvalue weighted by atomic mass is 79.9. The molecule has 0 aromatic heterocycles. The van der Waals surface area contributed by atoms with E-state index in [4.69, 9.17) is 14.2 Å². The predicted octanol–water partition coefficient (Wildman–Crippen LogP) is 6.25. The van der Waals surface area contributed by atoms with Gasteiger partial charge in [-0.1, -0.05) is 91.5 Å². The summed E-state index contributed by atoms with van der Waals surface area (Å²) in [6, 6.07) is 3.62. The van der Waals surface area contributed by atoms with Gasteiger partial charge in [-0.3, -0.25) is 0 Å². The number of aliphatic hydroxyl groups excluding tert-OH is 1. The highest BCUT2D eigenvalue weighted by Crippen LogP contribution is 2.59. The minimum atomic E-state index is -1.58. The smallest absolute Gasteiger partial charge is 0.173 e. The van der Waals surface area contributed by atoms with Crippen LogP contribution in [0.5, 0.6) is 17.2 Å². The van der Waals surface area contributed by atoms with Crippen molar-refractivity contribution in [1.82, 2.24) is 9.80 Å². The maximum absolute atomic E-state index is 12.5. The molecule has 1 aliphatic heterocycles. The standard InChI is InChI=1S/C32H45BrN2O5.C2H6/c1-8-10-11-12-14-26(16-20-36)32(25(9-2)15-13-17-33)31(3,37)30-28(39-22-19-35(6)7)23-27(24-29(30)40-32)38-21-18-34(4)5;1-2/h8-15,17,23-24,26,36-37H,1-2,16,18-22H2,3-7H3;1-2H3/b11-10-,14-12+,17-13+,25-15+;/t26?,31-,32+;/m1./s1. The van der Waals surface area contributed by atoms with Gasteiger partial charge in [-0.25, -0.2) is 0 Å². The Morgan fingerprint density at radius 2 is 1.67 bits per heavy atom. The first-order valence-electron chi connectivity index (χ1n) is 14.4. The summed E-state index contributed by atoms with van der Waals surface area (Å²) in [5.41, 5.74) is -1.74. The highest BCUT2D eigenvalue weighted by Gasteiger charge is 2.63. The van der Waals surface area contributed by atoms with Gasteiger partial charge in [0.25, 0.3) is 0 Å². The monoisotopic (exact) mass is 646 g/mol. The zero-order valence-corrected chi connectivity index (χ0v) is 28.1. The average molecular weight is 648 g/mol. The molecule has 0 amide bonds. The van der Waals surface area contributed by atoms with Gasteiger partial charge in [0.2, 0.25) is 0 Å². The number of hydrogen-bond acceptors (Lipinski definition) is 7. The van der Waals surface area contributed by atoms with Crippen LogP contribution in [0.3, 0.4) is 0 Å². The summed E-state index contributed by atoms with van der Waals surface area (Å²) in [6.45, 7) is 15.7. The molecule has 1 unspecified atom stereocenters. The van der Waals surface area contributed by atoms with Crippen LogP contribution in [0.25, 0.3) is 0 Å². The molecule has 8 heteroatoms. The molecule has 7 nitrogen and oxygen atoms in total. The van der Waals surface area contributed by atoms with E-state index in [2.05, 4.69) is 29.1 Å². The molecule has 0 fully saturated rings. The lowest BCUT2D eigenvalue weighted by Crippen LogP contribution is -2.56. The second kappa shape index (κ2) is 18.8. The zero-order valence-electron chi connectivity index (χ0n) is 26.5. The number of benzene rings is 1. The molecule has 234 valence electrons. The number of ether oxygens (including phenoxy) is 3. The van der Waals surface area contributed by atoms with E-state index in [-0.39, 0.29) is 6.61 Å². The van der Waals surface area contributed by atoms with Gasteiger partial charge in [0.05, 0.1) is 5.56 Å². The fraction of sp³-hybridized carbons (Fsp3) is 0.471. The summed E-state index contributed by atoms with van der Waals surface area (Å²) in [5, 5.41) is 22.7. The summed E-state index contributed by atoms with van der Waals surface area (Å²) in [6.07, 6.45) is 14.8. The number of likely N-dealkylation sites (N-methyl/N-ethyl adjacent to an activating group) is 2. The number of fused-ring (bicyclic) bond motifs is 1. The van der Waals surface area contributed by atoms with E-state index in [1.165, 1.54) is 0 Å². The Hall–Kier alpha value is -2.62. The number of halogens is 1. The Balaban J connectivity index is 0.00000431. The van der Waals surface area contributed by atoms with Crippen molar-refractivity contribution >= 4 is 15.9 Å². The molecule has 3 atom stereocenters. The van der Waals surface area contributed by atoms with E-state index < -0.39 is 17.1 Å². The number of aliphatic hydroxyl groups is 2. The molecule has 0 saturated carbocycles. The van der Waals surface area contributed by atoms with E-state index in [1.54, 1.807) is 30.1 Å². The third kappa shape index (κ3) is 9.44. The Kier molecular flexibility index (Phi) is 16.8. The minimum absolute atomic E-state index is 0.110. The van der Waals surface area contributed by atoms with Crippen LogP contribution in [0.1, 0.15) is 32.8 Å². The van der Waals surface area contributed by atoms with Crippen LogP contribution in [-0.4, -0.2) is 86.7 Å². The van der Waals surface area contributed by atoms with Crippen molar-refractivity contribution in [2.75, 3.05) is 61.1 Å². The molecule has 0 aliphatic carbocycles. The second-order valence-corrected chi connectivity index (χ2v) is 10.8. The molecular weight excluding hydrogens is 596 g/mol. The van der Waals surface area contributed by atoms with Gasteiger partial charge in [0.1, 0.15) is 36.1 Å². The summed E-state index contributed by atoms with van der Waals surface area (Å²) in [4.78, 5) is 5.79. The van der Waals surface area contributed by atoms with Crippen molar-refractivity contribution in [1.29, 1.82) is 0 Å². The quantitative estimate of drug-likeness (QED) is 0.194. The van der Waals surface area contributed by atoms with Crippen LogP contribution in [0.4, 0.5) is 0 Å². The molecule has 1 aromatic rings. The Labute approximate surface area is 262 Å². The average Bonchev–Trinajstić information content (AvgIpc) is 3.18. The van der Waals surface area contributed by atoms with Gasteiger partial charge in [-0.15, -0.1) is 0 Å². The maximum Gasteiger partial charge on any atom is 0.173 e. The highest BCUT2D eigenvalue weighted by molar-refractivity contribution is 9.11. The van der Waals surface area contributed by atoms with Gasteiger partial charge in [0.15, 0.2) is 5.60 Å². The van der Waals surface area contributed by atoms with Crippen LogP contribution >= 0.6 is 15.9 Å². The van der Waals surface area contributed by atoms with Crippen molar-refractivity contribution in [3.63, 3.8) is 0 Å². The first-order valence-corrected chi connectivity index (χ1v) is 15.3. The molecule has 0 radical (unpaired) electrons. The van der Waals surface area contributed by atoms with Crippen molar-refractivity contribution in [2.24, 2.45) is 5.92 Å². The summed E-state index contributed by atoms with van der Waals surface area (Å²) in [7, 11) is 7.92. The van der Waals surface area contributed by atoms with Crippen LogP contribution < -0.4 is 14.2 Å². The van der Waals surface area contributed by atoms with Gasteiger partial charge in [-0.05, 0) is 52.1 Å². The normalized spacial score (nSPS) is 21.0. The number of hydrogen-bond donors (Lipinski definition) is 2. The molecule has 0 bridgehead atoms. The van der Waals surface area contributed by atoms with Gasteiger partial charge in [0, 0.05) is 37.7 Å². The van der Waals surface area contributed by atoms with Crippen molar-refractivity contribution in [3.8, 4) is 17.2 Å². The lowest BCUT2D eigenvalue weighted by atomic mass is 9.67. The fourth-order valence-electron chi connectivity index (χ4n) is 4.86. The molecule has 1 aromatic carbocycles. The van der Waals surface area contributed by atoms with Crippen LogP contribution in [0.15, 0.2) is 84.5 Å². The van der Waals surface area contributed by atoms with E-state index in [0.29, 0.717) is 54.6 Å². The van der Waals surface area contributed by atoms with E-state index in [1.807, 2.05) is 94.4 Å². The van der Waals surface area contributed by atoms with E-state index in [0.717, 1.165) is 6.54 Å². The zero-order chi connectivity index (χ0) is 31.8. The summed E-state index contributed by atoms with van der Waals surface area (Å²) >= 11 is 3.33. The van der Waals surface area contributed by atoms with E-state index >= 15 is 0 Å². The Bertz CT molecular complexity index is 1110. The van der Waals surface area contributed by atoms with Gasteiger partial charge >= 0.3 is 0 Å². The molecule has 2 N–H and O–H groups in total. The largest absolute Gasteiger partial charge is 0.492 e. The van der Waals surface area contributed by atoms with Crippen molar-refractivity contribution in [3.05, 3.63) is 90.0 Å². The maximum atomic E-state index is 12.5. The first kappa shape index (κ1) is 37.4. The summed E-state index contributed by atoms with van der Waals surface area (Å²) in [5.74, 6) is 1.08. The Morgan fingerprint density at radius 1 is 1.02 bits per heavy atom. The SMILES string of the molecule is C=C/C=C\C=C\C(CCO)[C@]1(/C(C=C)=C/C=C/Br)Oc2cc(OCCN(C)C)cc(OCCN(C)C)c2[C@@]1(C)O.CC. The minimum Gasteiger partial charge on any atom is -0.492 e. The van der Waals surface area contributed by atoms with Gasteiger partial charge in [-0.2, -0.15) is 0 Å². The third-order valence-electron chi connectivity index (χ3n) is 6.79. The topological polar surface area (TPSA) is 74.6 Å². The number of rotatable bonds is 17. The molecule has 0 saturated heterocycles. The lowest BCUT2D eigenvalue weighted by Gasteiger charge is -2.44. The van der Waals surface area contributed by atoms with Crippen LogP contribution in [-0.2, 0) is 5.60 Å². The predicted molar refractivity (Wildman–Crippen MR) is 179 cm³/mol. The molecular formula is C34H51BrN2O5. The van der Waals surface area contributed by atoms with Gasteiger partial charge < -0.3 is 34.2 Å². The second-order valence-electron chi connectivity index (χ2n) is 10.3. The Morgan fingerprint density at radius 3 is 2.21 bits per heavy atom. The molecule has 0 spiro atoms. The van der Waals surface area contributed by atoms with E-state index in [9.17, 15) is 10.2 Å². The number of allylic oxidation sites excluding steroid dienone is 6. The molecule has 2 rings (SSSR count). The number of nitrogens with zero attached hydrogens (tertiary/aromatic N) is 2. The first-order chi connectivity index (χ1) is 20.1. The van der Waals surface area contributed by atoms with Crippen LogP contribution in [0.2, 0.25) is 0 Å². The molecule has 1 heterocycles. The molecule has 1 aliphatic rings. The third-order valence-corrected chi connectivity index (χ3v) is 7.09. The fourth-order valence-corrected chi connectivity index (χ4v) is 5.01. The lowest BCUT2D eigenvalue weighted by molar-refractivity contribution is -0.105.